The molecule has 202 valence electrons. The minimum atomic E-state index is -4.32. The smallest absolute Gasteiger partial charge is 0.340 e. The number of rotatable bonds is 10. The van der Waals surface area contributed by atoms with E-state index < -0.39 is 47.9 Å². The van der Waals surface area contributed by atoms with Crippen LogP contribution in [0.1, 0.15) is 18.5 Å². The lowest BCUT2D eigenvalue weighted by Gasteiger charge is -2.35. The molecule has 14 heteroatoms. The van der Waals surface area contributed by atoms with Crippen molar-refractivity contribution in [1.82, 2.24) is 23.9 Å². The van der Waals surface area contributed by atoms with Crippen LogP contribution in [0.3, 0.4) is 0 Å². The van der Waals surface area contributed by atoms with Crippen molar-refractivity contribution in [2.45, 2.75) is 37.5 Å². The topological polar surface area (TPSA) is 87.1 Å². The van der Waals surface area contributed by atoms with Crippen LogP contribution in [0.5, 0.6) is 5.75 Å². The minimum absolute atomic E-state index is 0.121. The number of imidazole rings is 1. The van der Waals surface area contributed by atoms with Crippen LogP contribution < -0.4 is 10.4 Å². The molecule has 38 heavy (non-hydrogen) atoms. The molecule has 1 unspecified atom stereocenters. The molecular weight excluding hydrogens is 520 g/mol. The average molecular weight is 541 g/mol. The molecule has 4 rings (SSSR count). The van der Waals surface area contributed by atoms with Gasteiger partial charge in [-0.2, -0.15) is 13.9 Å². The van der Waals surface area contributed by atoms with Gasteiger partial charge < -0.3 is 9.84 Å². The van der Waals surface area contributed by atoms with Gasteiger partial charge in [-0.1, -0.05) is 6.07 Å². The van der Waals surface area contributed by atoms with Gasteiger partial charge in [0.25, 0.3) is 0 Å². The maximum atomic E-state index is 14.8. The highest BCUT2D eigenvalue weighted by molar-refractivity contribution is 5.37. The maximum absolute atomic E-state index is 14.8. The van der Waals surface area contributed by atoms with Crippen LogP contribution in [0.25, 0.3) is 5.69 Å². The Morgan fingerprint density at radius 2 is 1.79 bits per heavy atom. The molecular formula is C24H21F6N5O3. The molecule has 4 aromatic rings. The summed E-state index contributed by atoms with van der Waals surface area (Å²) < 4.78 is 87.5. The summed E-state index contributed by atoms with van der Waals surface area (Å²) in [4.78, 5) is 17.1. The number of hydrogen-bond acceptors (Lipinski definition) is 5. The molecule has 0 aliphatic rings. The molecule has 8 nitrogen and oxygen atoms in total. The number of ether oxygens (including phenoxy) is 1. The molecule has 2 heterocycles. The zero-order valence-corrected chi connectivity index (χ0v) is 19.7. The second-order valence-corrected chi connectivity index (χ2v) is 8.52. The second-order valence-electron chi connectivity index (χ2n) is 8.52. The Morgan fingerprint density at radius 1 is 1.08 bits per heavy atom. The highest BCUT2D eigenvalue weighted by atomic mass is 19.3. The van der Waals surface area contributed by atoms with Crippen LogP contribution >= 0.6 is 0 Å². The zero-order chi connectivity index (χ0) is 27.7. The van der Waals surface area contributed by atoms with Gasteiger partial charge in [-0.3, -0.25) is 9.13 Å². The summed E-state index contributed by atoms with van der Waals surface area (Å²) in [6.07, 6.45) is 1.31. The van der Waals surface area contributed by atoms with Crippen molar-refractivity contribution >= 4 is 0 Å². The van der Waals surface area contributed by atoms with E-state index in [4.69, 9.17) is 4.74 Å². The predicted molar refractivity (Wildman–Crippen MR) is 121 cm³/mol. The number of aromatic nitrogens is 5. The van der Waals surface area contributed by atoms with Crippen LogP contribution in [-0.4, -0.2) is 48.0 Å². The number of hydrogen-bond donors (Lipinski definition) is 1. The fraction of sp³-hybridized carbons (Fsp3) is 0.292. The molecule has 0 fully saturated rings. The van der Waals surface area contributed by atoms with Gasteiger partial charge in [-0.15, -0.1) is 0 Å². The first kappa shape index (κ1) is 27.0. The summed E-state index contributed by atoms with van der Waals surface area (Å²) in [7, 11) is 0. The van der Waals surface area contributed by atoms with E-state index in [0.717, 1.165) is 21.3 Å². The molecule has 2 aromatic carbocycles. The van der Waals surface area contributed by atoms with E-state index >= 15 is 0 Å². The molecule has 1 N–H and O–H groups in total. The first-order chi connectivity index (χ1) is 17.9. The van der Waals surface area contributed by atoms with Crippen molar-refractivity contribution in [3.8, 4) is 11.4 Å². The van der Waals surface area contributed by atoms with Crippen LogP contribution in [0.15, 0.2) is 72.3 Å². The zero-order valence-electron chi connectivity index (χ0n) is 19.7. The monoisotopic (exact) mass is 541 g/mol. The summed E-state index contributed by atoms with van der Waals surface area (Å²) in [5.41, 5.74) is -2.75. The highest BCUT2D eigenvalue weighted by Gasteiger charge is 2.42. The number of alkyl halides is 4. The van der Waals surface area contributed by atoms with Crippen molar-refractivity contribution in [3.05, 3.63) is 95.2 Å². The molecule has 0 radical (unpaired) electrons. The SMILES string of the molecule is C[C@@H](n1ccn(-c2ccc(OCC(F)(F)C(F)F)cc2)c1=O)C(O)(Cn1cncn1)c1ccc(F)cc1F. The first-order valence-corrected chi connectivity index (χ1v) is 11.1. The van der Waals surface area contributed by atoms with E-state index in [-0.39, 0.29) is 23.5 Å². The van der Waals surface area contributed by atoms with Gasteiger partial charge >= 0.3 is 18.0 Å². The van der Waals surface area contributed by atoms with Crippen LogP contribution in [0.4, 0.5) is 26.3 Å². The number of nitrogens with zero attached hydrogens (tertiary/aromatic N) is 5. The summed E-state index contributed by atoms with van der Waals surface area (Å²) in [5, 5.41) is 15.6. The highest BCUT2D eigenvalue weighted by Crippen LogP contribution is 2.36. The fourth-order valence-electron chi connectivity index (χ4n) is 3.90. The Morgan fingerprint density at radius 3 is 2.39 bits per heavy atom. The van der Waals surface area contributed by atoms with Gasteiger partial charge in [0.1, 0.15) is 35.6 Å². The van der Waals surface area contributed by atoms with Gasteiger partial charge in [0.05, 0.1) is 18.3 Å². The Hall–Kier alpha value is -4.07. The number of aliphatic hydroxyl groups is 1. The molecule has 2 aromatic heterocycles. The molecule has 2 atom stereocenters. The molecule has 0 saturated heterocycles. The number of benzene rings is 2. The molecule has 0 saturated carbocycles. The largest absolute Gasteiger partial charge is 0.487 e. The Bertz CT molecular complexity index is 1440. The minimum Gasteiger partial charge on any atom is -0.487 e. The van der Waals surface area contributed by atoms with E-state index in [2.05, 4.69) is 10.1 Å². The third kappa shape index (κ3) is 5.30. The van der Waals surface area contributed by atoms with E-state index in [1.54, 1.807) is 0 Å². The average Bonchev–Trinajstić information content (AvgIpc) is 3.52. The lowest BCUT2D eigenvalue weighted by atomic mass is 9.86. The third-order valence-corrected chi connectivity index (χ3v) is 6.04. The van der Waals surface area contributed by atoms with Gasteiger partial charge in [0.15, 0.2) is 6.61 Å². The van der Waals surface area contributed by atoms with Crippen molar-refractivity contribution in [2.75, 3.05) is 6.61 Å². The van der Waals surface area contributed by atoms with Crippen molar-refractivity contribution in [1.29, 1.82) is 0 Å². The van der Waals surface area contributed by atoms with Gasteiger partial charge in [-0.05, 0) is 37.3 Å². The van der Waals surface area contributed by atoms with Gasteiger partial charge in [0.2, 0.25) is 0 Å². The standard InChI is InChI=1S/C24H21F6N5O3/c1-15(23(37,11-33-14-31-13-32-33)19-7-2-16(25)10-20(19)26)34-8-9-35(22(34)36)17-3-5-18(6-4-17)38-12-24(29,30)21(27)28/h2-10,13-15,21,37H,11-12H2,1H3/t15-,23?/m1/s1. The van der Waals surface area contributed by atoms with E-state index in [1.807, 2.05) is 0 Å². The van der Waals surface area contributed by atoms with E-state index in [9.17, 15) is 36.2 Å². The van der Waals surface area contributed by atoms with Crippen LogP contribution in [0, 0.1) is 11.6 Å². The lowest BCUT2D eigenvalue weighted by Crippen LogP contribution is -2.43. The predicted octanol–water partition coefficient (Wildman–Crippen LogP) is 3.94. The second kappa shape index (κ2) is 10.4. The first-order valence-electron chi connectivity index (χ1n) is 11.1. The van der Waals surface area contributed by atoms with Crippen LogP contribution in [0.2, 0.25) is 0 Å². The third-order valence-electron chi connectivity index (χ3n) is 6.04. The molecule has 0 spiro atoms. The Balaban J connectivity index is 1.64. The Kier molecular flexibility index (Phi) is 7.35. The van der Waals surface area contributed by atoms with E-state index in [1.165, 1.54) is 60.9 Å². The summed E-state index contributed by atoms with van der Waals surface area (Å²) >= 11 is 0. The normalized spacial score (nSPS) is 14.4. The molecule has 0 aliphatic carbocycles. The van der Waals surface area contributed by atoms with Crippen molar-refractivity contribution < 1.29 is 36.2 Å². The van der Waals surface area contributed by atoms with Crippen LogP contribution in [-0.2, 0) is 12.1 Å². The molecule has 0 amide bonds. The summed E-state index contributed by atoms with van der Waals surface area (Å²) in [6, 6.07) is 6.68. The quantitative estimate of drug-likeness (QED) is 0.308. The summed E-state index contributed by atoms with van der Waals surface area (Å²) in [6.45, 7) is -0.391. The van der Waals surface area contributed by atoms with Gasteiger partial charge in [-0.25, -0.2) is 32.0 Å². The van der Waals surface area contributed by atoms with Gasteiger partial charge in [0, 0.05) is 24.0 Å². The molecule has 0 aliphatic heterocycles. The lowest BCUT2D eigenvalue weighted by molar-refractivity contribution is -0.148. The Labute approximate surface area is 211 Å². The maximum Gasteiger partial charge on any atom is 0.340 e. The van der Waals surface area contributed by atoms with Crippen molar-refractivity contribution in [2.24, 2.45) is 0 Å². The molecule has 0 bridgehead atoms. The number of halogens is 6. The van der Waals surface area contributed by atoms with E-state index in [0.29, 0.717) is 6.07 Å². The summed E-state index contributed by atoms with van der Waals surface area (Å²) in [5.74, 6) is -6.32. The fourth-order valence-corrected chi connectivity index (χ4v) is 3.90. The van der Waals surface area contributed by atoms with Crippen molar-refractivity contribution in [3.63, 3.8) is 0 Å².